The molecule has 0 aliphatic carbocycles. The van der Waals surface area contributed by atoms with Crippen LogP contribution >= 0.6 is 11.3 Å². The van der Waals surface area contributed by atoms with Crippen LogP contribution < -0.4 is 10.2 Å². The summed E-state index contributed by atoms with van der Waals surface area (Å²) in [4.78, 5) is 30.7. The fourth-order valence-electron chi connectivity index (χ4n) is 3.17. The zero-order valence-corrected chi connectivity index (χ0v) is 14.7. The number of fused-ring (bicyclic) bond motifs is 1. The lowest BCUT2D eigenvalue weighted by Gasteiger charge is -2.17. The third-order valence-electron chi connectivity index (χ3n) is 4.45. The lowest BCUT2D eigenvalue weighted by atomic mass is 10.1. The first-order valence-corrected chi connectivity index (χ1v) is 9.22. The molecule has 1 aliphatic heterocycles. The molecule has 1 N–H and O–H groups in total. The first kappa shape index (κ1) is 16.5. The molecular formula is C17H17N5O3S. The summed E-state index contributed by atoms with van der Waals surface area (Å²) in [5, 5.41) is 16.1. The Morgan fingerprint density at radius 3 is 2.88 bits per heavy atom. The van der Waals surface area contributed by atoms with E-state index in [1.54, 1.807) is 12.1 Å². The average Bonchev–Trinajstić information content (AvgIpc) is 3.36. The number of nitrogens with one attached hydrogen (secondary N) is 1. The standard InChI is InChI=1S/C17H17N5O3S/c23-16(18-10-13-11-21-7-8-26-17(21)19-13)12-3-4-14(15(9-12)22(24)25)20-5-1-2-6-20/h3-4,7-9,11H,1-2,5-6,10H2,(H,18,23). The topological polar surface area (TPSA) is 92.8 Å². The number of rotatable bonds is 5. The van der Waals surface area contributed by atoms with Gasteiger partial charge in [-0.25, -0.2) is 4.98 Å². The van der Waals surface area contributed by atoms with E-state index in [0.717, 1.165) is 36.6 Å². The maximum Gasteiger partial charge on any atom is 0.293 e. The van der Waals surface area contributed by atoms with Crippen LogP contribution in [0, 0.1) is 10.1 Å². The Morgan fingerprint density at radius 2 is 2.15 bits per heavy atom. The maximum absolute atomic E-state index is 12.4. The molecule has 1 aliphatic rings. The number of amides is 1. The summed E-state index contributed by atoms with van der Waals surface area (Å²) < 4.78 is 1.89. The number of nitrogens with zero attached hydrogens (tertiary/aromatic N) is 4. The number of carbonyl (C=O) groups excluding carboxylic acids is 1. The number of thiazole rings is 1. The van der Waals surface area contributed by atoms with Crippen LogP contribution in [0.1, 0.15) is 28.9 Å². The van der Waals surface area contributed by atoms with E-state index in [-0.39, 0.29) is 23.7 Å². The van der Waals surface area contributed by atoms with Crippen LogP contribution in [0.3, 0.4) is 0 Å². The van der Waals surface area contributed by atoms with Gasteiger partial charge in [0.15, 0.2) is 4.96 Å². The van der Waals surface area contributed by atoms with Crippen molar-refractivity contribution in [1.82, 2.24) is 14.7 Å². The molecule has 8 nitrogen and oxygen atoms in total. The van der Waals surface area contributed by atoms with Gasteiger partial charge in [-0.3, -0.25) is 19.3 Å². The number of nitro groups is 1. The van der Waals surface area contributed by atoms with Gasteiger partial charge in [0.1, 0.15) is 5.69 Å². The number of hydrogen-bond donors (Lipinski definition) is 1. The van der Waals surface area contributed by atoms with Crippen molar-refractivity contribution in [3.05, 3.63) is 57.3 Å². The minimum atomic E-state index is -0.423. The third kappa shape index (κ3) is 3.13. The molecule has 3 aromatic rings. The molecule has 9 heteroatoms. The molecule has 0 spiro atoms. The molecule has 26 heavy (non-hydrogen) atoms. The van der Waals surface area contributed by atoms with Crippen molar-refractivity contribution in [3.63, 3.8) is 0 Å². The Morgan fingerprint density at radius 1 is 1.35 bits per heavy atom. The van der Waals surface area contributed by atoms with Gasteiger partial charge in [-0.2, -0.15) is 0 Å². The molecule has 0 saturated carbocycles. The molecule has 0 bridgehead atoms. The Balaban J connectivity index is 1.50. The van der Waals surface area contributed by atoms with Gasteiger partial charge in [-0.1, -0.05) is 0 Å². The van der Waals surface area contributed by atoms with E-state index in [2.05, 4.69) is 10.3 Å². The maximum atomic E-state index is 12.4. The Labute approximate surface area is 153 Å². The van der Waals surface area contributed by atoms with Crippen LogP contribution in [-0.2, 0) is 6.54 Å². The van der Waals surface area contributed by atoms with E-state index in [4.69, 9.17) is 0 Å². The van der Waals surface area contributed by atoms with Gasteiger partial charge in [0.2, 0.25) is 0 Å². The molecular weight excluding hydrogens is 354 g/mol. The average molecular weight is 371 g/mol. The van der Waals surface area contributed by atoms with E-state index in [1.165, 1.54) is 17.4 Å². The normalized spacial score (nSPS) is 14.1. The summed E-state index contributed by atoms with van der Waals surface area (Å²) in [5.74, 6) is -0.350. The Hall–Kier alpha value is -2.94. The summed E-state index contributed by atoms with van der Waals surface area (Å²) in [6.45, 7) is 1.89. The lowest BCUT2D eigenvalue weighted by Crippen LogP contribution is -2.24. The number of aromatic nitrogens is 2. The second kappa shape index (κ2) is 6.75. The highest BCUT2D eigenvalue weighted by atomic mass is 32.1. The van der Waals surface area contributed by atoms with Crippen LogP contribution in [0.4, 0.5) is 11.4 Å². The van der Waals surface area contributed by atoms with Gasteiger partial charge in [0.25, 0.3) is 11.6 Å². The first-order chi connectivity index (χ1) is 12.6. The van der Waals surface area contributed by atoms with Crippen LogP contribution in [0.5, 0.6) is 0 Å². The molecule has 134 valence electrons. The Kier molecular flexibility index (Phi) is 4.29. The van der Waals surface area contributed by atoms with Crippen LogP contribution in [0.25, 0.3) is 4.96 Å². The van der Waals surface area contributed by atoms with Gasteiger partial charge in [0.05, 0.1) is 17.2 Å². The summed E-state index contributed by atoms with van der Waals surface area (Å²) in [7, 11) is 0. The highest BCUT2D eigenvalue weighted by molar-refractivity contribution is 7.15. The summed E-state index contributed by atoms with van der Waals surface area (Å²) in [5.41, 5.74) is 1.58. The highest BCUT2D eigenvalue weighted by Gasteiger charge is 2.23. The number of benzene rings is 1. The monoisotopic (exact) mass is 371 g/mol. The Bertz CT molecular complexity index is 945. The van der Waals surface area contributed by atoms with Gasteiger partial charge in [0, 0.05) is 42.5 Å². The van der Waals surface area contributed by atoms with Crippen molar-refractivity contribution in [3.8, 4) is 0 Å². The van der Waals surface area contributed by atoms with Crippen LogP contribution in [0.2, 0.25) is 0 Å². The number of hydrogen-bond acceptors (Lipinski definition) is 6. The molecule has 0 atom stereocenters. The van der Waals surface area contributed by atoms with E-state index in [0.29, 0.717) is 5.69 Å². The molecule has 3 heterocycles. The van der Waals surface area contributed by atoms with E-state index in [1.807, 2.05) is 27.1 Å². The van der Waals surface area contributed by atoms with Crippen molar-refractivity contribution in [2.24, 2.45) is 0 Å². The smallest absolute Gasteiger partial charge is 0.293 e. The fourth-order valence-corrected chi connectivity index (χ4v) is 3.89. The van der Waals surface area contributed by atoms with Gasteiger partial charge in [-0.05, 0) is 25.0 Å². The van der Waals surface area contributed by atoms with Gasteiger partial charge in [-0.15, -0.1) is 11.3 Å². The molecule has 4 rings (SSSR count). The van der Waals surface area contributed by atoms with E-state index in [9.17, 15) is 14.9 Å². The van der Waals surface area contributed by atoms with Crippen LogP contribution in [-0.4, -0.2) is 33.3 Å². The van der Waals surface area contributed by atoms with Crippen LogP contribution in [0.15, 0.2) is 36.0 Å². The third-order valence-corrected chi connectivity index (χ3v) is 5.22. The molecule has 0 radical (unpaired) electrons. The number of carbonyl (C=O) groups is 1. The minimum absolute atomic E-state index is 0.0259. The minimum Gasteiger partial charge on any atom is -0.366 e. The quantitative estimate of drug-likeness (QED) is 0.550. The zero-order valence-electron chi connectivity index (χ0n) is 13.9. The second-order valence-electron chi connectivity index (χ2n) is 6.16. The summed E-state index contributed by atoms with van der Waals surface area (Å²) >= 11 is 1.52. The largest absolute Gasteiger partial charge is 0.366 e. The predicted octanol–water partition coefficient (Wildman–Crippen LogP) is 2.83. The fraction of sp³-hybridized carbons (Fsp3) is 0.294. The van der Waals surface area contributed by atoms with Crippen molar-refractivity contribution >= 4 is 33.6 Å². The molecule has 1 fully saturated rings. The lowest BCUT2D eigenvalue weighted by molar-refractivity contribution is -0.384. The van der Waals surface area contributed by atoms with Crippen molar-refractivity contribution in [2.45, 2.75) is 19.4 Å². The van der Waals surface area contributed by atoms with E-state index < -0.39 is 4.92 Å². The van der Waals surface area contributed by atoms with Gasteiger partial charge >= 0.3 is 0 Å². The molecule has 1 amide bonds. The van der Waals surface area contributed by atoms with Crippen molar-refractivity contribution in [1.29, 1.82) is 0 Å². The number of imidazole rings is 1. The molecule has 0 unspecified atom stereocenters. The predicted molar refractivity (Wildman–Crippen MR) is 98.8 cm³/mol. The van der Waals surface area contributed by atoms with Crippen molar-refractivity contribution in [2.75, 3.05) is 18.0 Å². The summed E-state index contributed by atoms with van der Waals surface area (Å²) in [6, 6.07) is 4.67. The zero-order chi connectivity index (χ0) is 18.1. The van der Waals surface area contributed by atoms with Crippen molar-refractivity contribution < 1.29 is 9.72 Å². The number of nitro benzene ring substituents is 1. The summed E-state index contributed by atoms with van der Waals surface area (Å²) in [6.07, 6.45) is 5.81. The van der Waals surface area contributed by atoms with E-state index >= 15 is 0 Å². The first-order valence-electron chi connectivity index (χ1n) is 8.34. The molecule has 2 aromatic heterocycles. The SMILES string of the molecule is O=C(NCc1cn2ccsc2n1)c1ccc(N2CCCC2)c([N+](=O)[O-])c1. The second-order valence-corrected chi connectivity index (χ2v) is 7.04. The molecule has 1 aromatic carbocycles. The highest BCUT2D eigenvalue weighted by Crippen LogP contribution is 2.31. The molecule has 1 saturated heterocycles. The van der Waals surface area contributed by atoms with Gasteiger partial charge < -0.3 is 10.2 Å². The number of anilines is 1.